The summed E-state index contributed by atoms with van der Waals surface area (Å²) < 4.78 is 0. The lowest BCUT2D eigenvalue weighted by Gasteiger charge is -2.41. The molecule has 2 rings (SSSR count). The first-order valence-corrected chi connectivity index (χ1v) is 4.78. The van der Waals surface area contributed by atoms with E-state index in [0.29, 0.717) is 6.04 Å². The number of hydrogen-bond donors (Lipinski definition) is 0. The molecule has 12 heavy (non-hydrogen) atoms. The molecule has 66 valence electrons. The van der Waals surface area contributed by atoms with Gasteiger partial charge in [0.15, 0.2) is 0 Å². The molecule has 0 spiro atoms. The second-order valence-corrected chi connectivity index (χ2v) is 3.83. The lowest BCUT2D eigenvalue weighted by Crippen LogP contribution is -2.52. The van der Waals surface area contributed by atoms with Gasteiger partial charge in [-0.25, -0.2) is 0 Å². The highest BCUT2D eigenvalue weighted by atomic mass is 16.2. The van der Waals surface area contributed by atoms with Crippen LogP contribution in [-0.2, 0) is 4.79 Å². The van der Waals surface area contributed by atoms with Crippen molar-refractivity contribution in [1.82, 2.24) is 4.90 Å². The zero-order valence-corrected chi connectivity index (χ0v) is 7.38. The minimum absolute atomic E-state index is 0.196. The Hall–Kier alpha value is -0.790. The Morgan fingerprint density at radius 3 is 2.42 bits per heavy atom. The van der Waals surface area contributed by atoms with Crippen molar-refractivity contribution in [3.8, 4) is 0 Å². The molecular weight excluding hydrogens is 150 g/mol. The molecule has 0 atom stereocenters. The van der Waals surface area contributed by atoms with E-state index in [4.69, 9.17) is 0 Å². The van der Waals surface area contributed by atoms with Crippen LogP contribution >= 0.6 is 0 Å². The zero-order valence-electron chi connectivity index (χ0n) is 7.38. The highest BCUT2D eigenvalue weighted by Gasteiger charge is 2.34. The van der Waals surface area contributed by atoms with E-state index in [9.17, 15) is 4.79 Å². The van der Waals surface area contributed by atoms with Gasteiger partial charge in [-0.15, -0.1) is 0 Å². The Morgan fingerprint density at radius 2 is 1.92 bits per heavy atom. The molecule has 0 radical (unpaired) electrons. The Balaban J connectivity index is 1.92. The minimum atomic E-state index is 0.196. The number of rotatable bonds is 1. The molecule has 1 amide bonds. The van der Waals surface area contributed by atoms with Gasteiger partial charge in [-0.2, -0.15) is 0 Å². The number of carbonyl (C=O) groups is 1. The van der Waals surface area contributed by atoms with Crippen LogP contribution in [-0.4, -0.2) is 23.4 Å². The lowest BCUT2D eigenvalue weighted by molar-refractivity contribution is -0.136. The second kappa shape index (κ2) is 2.92. The molecule has 0 aromatic heterocycles. The fourth-order valence-corrected chi connectivity index (χ4v) is 2.14. The average Bonchev–Trinajstić information content (AvgIpc) is 2.15. The predicted molar refractivity (Wildman–Crippen MR) is 47.7 cm³/mol. The van der Waals surface area contributed by atoms with Crippen molar-refractivity contribution < 1.29 is 4.79 Å². The number of β-lactam (4-membered cyclic amide) rings is 1. The van der Waals surface area contributed by atoms with E-state index in [1.807, 2.05) is 4.90 Å². The minimum Gasteiger partial charge on any atom is -0.331 e. The summed E-state index contributed by atoms with van der Waals surface area (Å²) in [7, 11) is 0. The van der Waals surface area contributed by atoms with Crippen molar-refractivity contribution in [2.24, 2.45) is 0 Å². The molecular formula is C10H15NO. The van der Waals surface area contributed by atoms with E-state index >= 15 is 0 Å². The third-order valence-electron chi connectivity index (χ3n) is 2.94. The SMILES string of the molecule is C=C1CN(C2CCCCC2)C1=O. The van der Waals surface area contributed by atoms with Crippen LogP contribution in [0, 0.1) is 0 Å². The standard InChI is InChI=1S/C10H15NO/c1-8-7-11(10(8)12)9-5-3-2-4-6-9/h9H,1-7H2. The molecule has 2 heteroatoms. The zero-order chi connectivity index (χ0) is 8.55. The van der Waals surface area contributed by atoms with Gasteiger partial charge in [-0.05, 0) is 12.8 Å². The topological polar surface area (TPSA) is 20.3 Å². The van der Waals surface area contributed by atoms with E-state index < -0.39 is 0 Å². The van der Waals surface area contributed by atoms with E-state index in [1.165, 1.54) is 32.1 Å². The van der Waals surface area contributed by atoms with Gasteiger partial charge < -0.3 is 4.90 Å². The van der Waals surface area contributed by atoms with Crippen molar-refractivity contribution in [1.29, 1.82) is 0 Å². The molecule has 0 bridgehead atoms. The van der Waals surface area contributed by atoms with Gasteiger partial charge in [0, 0.05) is 11.6 Å². The highest BCUT2D eigenvalue weighted by molar-refractivity contribution is 5.99. The molecule has 2 fully saturated rings. The van der Waals surface area contributed by atoms with Crippen molar-refractivity contribution in [2.75, 3.05) is 6.54 Å². The van der Waals surface area contributed by atoms with Crippen molar-refractivity contribution >= 4 is 5.91 Å². The molecule has 0 unspecified atom stereocenters. The van der Waals surface area contributed by atoms with Crippen LogP contribution in [0.3, 0.4) is 0 Å². The molecule has 2 aliphatic rings. The maximum absolute atomic E-state index is 11.3. The van der Waals surface area contributed by atoms with Crippen LogP contribution in [0.5, 0.6) is 0 Å². The molecule has 0 aromatic rings. The van der Waals surface area contributed by atoms with Crippen LogP contribution in [0.25, 0.3) is 0 Å². The van der Waals surface area contributed by atoms with Crippen LogP contribution in [0.2, 0.25) is 0 Å². The number of amides is 1. The summed E-state index contributed by atoms with van der Waals surface area (Å²) in [6.45, 7) is 4.52. The van der Waals surface area contributed by atoms with Gasteiger partial charge in [0.1, 0.15) is 0 Å². The van der Waals surface area contributed by atoms with E-state index in [0.717, 1.165) is 12.1 Å². The van der Waals surface area contributed by atoms with Crippen molar-refractivity contribution in [3.63, 3.8) is 0 Å². The van der Waals surface area contributed by atoms with Crippen LogP contribution in [0.1, 0.15) is 32.1 Å². The van der Waals surface area contributed by atoms with Gasteiger partial charge in [-0.3, -0.25) is 4.79 Å². The Kier molecular flexibility index (Phi) is 1.91. The molecule has 1 saturated heterocycles. The quantitative estimate of drug-likeness (QED) is 0.428. The second-order valence-electron chi connectivity index (χ2n) is 3.83. The van der Waals surface area contributed by atoms with Crippen molar-refractivity contribution in [2.45, 2.75) is 38.1 Å². The van der Waals surface area contributed by atoms with Gasteiger partial charge in [0.2, 0.25) is 0 Å². The molecule has 1 heterocycles. The Morgan fingerprint density at radius 1 is 1.25 bits per heavy atom. The summed E-state index contributed by atoms with van der Waals surface area (Å²) in [5.74, 6) is 0.196. The maximum Gasteiger partial charge on any atom is 0.251 e. The van der Waals surface area contributed by atoms with Crippen LogP contribution in [0.4, 0.5) is 0 Å². The van der Waals surface area contributed by atoms with Gasteiger partial charge >= 0.3 is 0 Å². The summed E-state index contributed by atoms with van der Waals surface area (Å²) in [6.07, 6.45) is 6.35. The lowest BCUT2D eigenvalue weighted by atomic mass is 9.91. The third-order valence-corrected chi connectivity index (χ3v) is 2.94. The third kappa shape index (κ3) is 1.15. The number of carbonyl (C=O) groups excluding carboxylic acids is 1. The van der Waals surface area contributed by atoms with Gasteiger partial charge in [0.25, 0.3) is 5.91 Å². The normalized spacial score (nSPS) is 25.8. The van der Waals surface area contributed by atoms with Crippen molar-refractivity contribution in [3.05, 3.63) is 12.2 Å². The average molecular weight is 165 g/mol. The first-order valence-electron chi connectivity index (χ1n) is 4.78. The molecule has 0 N–H and O–H groups in total. The van der Waals surface area contributed by atoms with E-state index in [1.54, 1.807) is 0 Å². The molecule has 0 aromatic carbocycles. The summed E-state index contributed by atoms with van der Waals surface area (Å²) in [5.41, 5.74) is 0.792. The molecule has 2 nitrogen and oxygen atoms in total. The number of likely N-dealkylation sites (tertiary alicyclic amines) is 1. The first kappa shape index (κ1) is 7.84. The van der Waals surface area contributed by atoms with Gasteiger partial charge in [0.05, 0.1) is 6.54 Å². The Bertz CT molecular complexity index is 216. The van der Waals surface area contributed by atoms with Crippen LogP contribution in [0.15, 0.2) is 12.2 Å². The summed E-state index contributed by atoms with van der Waals surface area (Å²) in [6, 6.07) is 0.539. The number of nitrogens with zero attached hydrogens (tertiary/aromatic N) is 1. The summed E-state index contributed by atoms with van der Waals surface area (Å²) >= 11 is 0. The fraction of sp³-hybridized carbons (Fsp3) is 0.700. The summed E-state index contributed by atoms with van der Waals surface area (Å²) in [5, 5.41) is 0. The van der Waals surface area contributed by atoms with E-state index in [-0.39, 0.29) is 5.91 Å². The molecule has 1 aliphatic heterocycles. The fourth-order valence-electron chi connectivity index (χ4n) is 2.14. The highest BCUT2D eigenvalue weighted by Crippen LogP contribution is 2.28. The molecule has 1 aliphatic carbocycles. The van der Waals surface area contributed by atoms with Gasteiger partial charge in [-0.1, -0.05) is 25.8 Å². The molecule has 1 saturated carbocycles. The first-order chi connectivity index (χ1) is 5.79. The maximum atomic E-state index is 11.3. The largest absolute Gasteiger partial charge is 0.331 e. The van der Waals surface area contributed by atoms with E-state index in [2.05, 4.69) is 6.58 Å². The van der Waals surface area contributed by atoms with Crippen LogP contribution < -0.4 is 0 Å². The predicted octanol–water partition coefficient (Wildman–Crippen LogP) is 1.72. The Labute approximate surface area is 73.2 Å². The monoisotopic (exact) mass is 165 g/mol. The smallest absolute Gasteiger partial charge is 0.251 e. The summed E-state index contributed by atoms with van der Waals surface area (Å²) in [4.78, 5) is 13.3. The number of hydrogen-bond acceptors (Lipinski definition) is 1.